The van der Waals surface area contributed by atoms with Gasteiger partial charge in [-0.25, -0.2) is 4.79 Å². The van der Waals surface area contributed by atoms with Crippen LogP contribution in [0, 0.1) is 5.92 Å². The average Bonchev–Trinajstić information content (AvgIpc) is 3.04. The summed E-state index contributed by atoms with van der Waals surface area (Å²) in [6, 6.07) is 2.03. The van der Waals surface area contributed by atoms with Gasteiger partial charge < -0.3 is 15.5 Å². The number of nitrogens with zero attached hydrogens (tertiary/aromatic N) is 3. The third-order valence-corrected chi connectivity index (χ3v) is 4.71. The molecule has 7 heteroatoms. The molecule has 0 spiro atoms. The Morgan fingerprint density at radius 1 is 1.48 bits per heavy atom. The summed E-state index contributed by atoms with van der Waals surface area (Å²) in [5.74, 6) is 0.229. The van der Waals surface area contributed by atoms with E-state index in [4.69, 9.17) is 0 Å². The third kappa shape index (κ3) is 3.83. The van der Waals surface area contributed by atoms with Gasteiger partial charge in [0.25, 0.3) is 0 Å². The Hall–Kier alpha value is -2.05. The Kier molecular flexibility index (Phi) is 4.83. The van der Waals surface area contributed by atoms with Gasteiger partial charge in [-0.2, -0.15) is 5.10 Å². The van der Waals surface area contributed by atoms with E-state index in [1.807, 2.05) is 16.9 Å². The Balaban J connectivity index is 1.53. The maximum absolute atomic E-state index is 12.5. The lowest BCUT2D eigenvalue weighted by atomic mass is 9.87. The van der Waals surface area contributed by atoms with Crippen LogP contribution in [0.25, 0.3) is 0 Å². The molecule has 0 bridgehead atoms. The lowest BCUT2D eigenvalue weighted by Crippen LogP contribution is -2.64. The third-order valence-electron chi connectivity index (χ3n) is 4.71. The van der Waals surface area contributed by atoms with Gasteiger partial charge in [0, 0.05) is 31.5 Å². The molecule has 1 saturated carbocycles. The first-order chi connectivity index (χ1) is 11.1. The number of hydrogen-bond acceptors (Lipinski definition) is 3. The van der Waals surface area contributed by atoms with Crippen molar-refractivity contribution in [1.29, 1.82) is 0 Å². The number of piperazine rings is 1. The van der Waals surface area contributed by atoms with Crippen LogP contribution in [0.4, 0.5) is 4.79 Å². The second kappa shape index (κ2) is 7.02. The maximum atomic E-state index is 12.5. The predicted molar refractivity (Wildman–Crippen MR) is 85.7 cm³/mol. The molecule has 2 aliphatic rings. The number of hydrogen-bond donors (Lipinski definition) is 2. The van der Waals surface area contributed by atoms with Gasteiger partial charge in [-0.1, -0.05) is 19.8 Å². The molecule has 3 unspecified atom stereocenters. The molecule has 1 aromatic rings. The van der Waals surface area contributed by atoms with E-state index in [2.05, 4.69) is 22.7 Å². The normalized spacial score (nSPS) is 25.4. The molecule has 3 atom stereocenters. The summed E-state index contributed by atoms with van der Waals surface area (Å²) in [7, 11) is 0. The largest absolute Gasteiger partial charge is 0.350 e. The molecular formula is C16H25N5O2. The number of fused-ring (bicyclic) bond motifs is 1. The second-order valence-electron chi connectivity index (χ2n) is 6.67. The molecule has 126 valence electrons. The number of urea groups is 1. The number of carbonyl (C=O) groups is 2. The summed E-state index contributed by atoms with van der Waals surface area (Å²) in [6.07, 6.45) is 7.85. The van der Waals surface area contributed by atoms with E-state index in [1.54, 1.807) is 11.1 Å². The van der Waals surface area contributed by atoms with Gasteiger partial charge in [0.1, 0.15) is 6.54 Å². The van der Waals surface area contributed by atoms with Crippen LogP contribution in [-0.2, 0) is 11.3 Å². The van der Waals surface area contributed by atoms with E-state index in [1.165, 1.54) is 0 Å². The predicted octanol–water partition coefficient (Wildman–Crippen LogP) is 0.972. The molecule has 7 nitrogen and oxygen atoms in total. The van der Waals surface area contributed by atoms with E-state index < -0.39 is 0 Å². The van der Waals surface area contributed by atoms with Gasteiger partial charge in [0.05, 0.1) is 6.04 Å². The zero-order chi connectivity index (χ0) is 16.2. The lowest BCUT2D eigenvalue weighted by Gasteiger charge is -2.43. The summed E-state index contributed by atoms with van der Waals surface area (Å²) in [5, 5.41) is 10.2. The van der Waals surface area contributed by atoms with Gasteiger partial charge in [0.2, 0.25) is 5.91 Å². The Morgan fingerprint density at radius 2 is 2.30 bits per heavy atom. The smallest absolute Gasteiger partial charge is 0.318 e. The minimum absolute atomic E-state index is 0.0483. The van der Waals surface area contributed by atoms with Gasteiger partial charge in [-0.3, -0.25) is 9.48 Å². The van der Waals surface area contributed by atoms with E-state index in [0.717, 1.165) is 32.2 Å². The number of rotatable bonds is 4. The van der Waals surface area contributed by atoms with Crippen molar-refractivity contribution in [2.24, 2.45) is 5.92 Å². The molecule has 1 saturated heterocycles. The van der Waals surface area contributed by atoms with Crippen molar-refractivity contribution >= 4 is 11.9 Å². The number of carbonyl (C=O) groups excluding carboxylic acids is 2. The fourth-order valence-corrected chi connectivity index (χ4v) is 3.55. The molecule has 0 radical (unpaired) electrons. The summed E-state index contributed by atoms with van der Waals surface area (Å²) < 4.78 is 1.86. The van der Waals surface area contributed by atoms with Crippen molar-refractivity contribution in [3.8, 4) is 0 Å². The molecule has 3 amide bonds. The minimum atomic E-state index is -0.121. The van der Waals surface area contributed by atoms with Gasteiger partial charge in [-0.05, 0) is 24.8 Å². The van der Waals surface area contributed by atoms with Crippen LogP contribution >= 0.6 is 0 Å². The lowest BCUT2D eigenvalue weighted by molar-refractivity contribution is -0.126. The highest BCUT2D eigenvalue weighted by Gasteiger charge is 2.38. The summed E-state index contributed by atoms with van der Waals surface area (Å²) in [6.45, 7) is 3.59. The van der Waals surface area contributed by atoms with E-state index in [0.29, 0.717) is 6.54 Å². The molecule has 2 fully saturated rings. The molecule has 2 N–H and O–H groups in total. The highest BCUT2D eigenvalue weighted by Crippen LogP contribution is 2.25. The zero-order valence-electron chi connectivity index (χ0n) is 13.6. The van der Waals surface area contributed by atoms with E-state index >= 15 is 0 Å². The molecule has 0 aromatic carbocycles. The second-order valence-corrected chi connectivity index (χ2v) is 6.67. The van der Waals surface area contributed by atoms with Crippen LogP contribution in [0.1, 0.15) is 32.6 Å². The fourth-order valence-electron chi connectivity index (χ4n) is 3.55. The monoisotopic (exact) mass is 319 g/mol. The maximum Gasteiger partial charge on any atom is 0.318 e. The van der Waals surface area contributed by atoms with E-state index in [9.17, 15) is 9.59 Å². The van der Waals surface area contributed by atoms with Crippen LogP contribution in [0.2, 0.25) is 0 Å². The van der Waals surface area contributed by atoms with Gasteiger partial charge >= 0.3 is 6.03 Å². The average molecular weight is 319 g/mol. The van der Waals surface area contributed by atoms with Crippen molar-refractivity contribution in [3.05, 3.63) is 18.5 Å². The van der Waals surface area contributed by atoms with Gasteiger partial charge in [0.15, 0.2) is 0 Å². The SMILES string of the molecule is CC(CNC(=O)N1CC(=O)NC2CCCCC21)Cn1cccn1. The first kappa shape index (κ1) is 15.8. The molecule has 3 rings (SSSR count). The van der Waals surface area contributed by atoms with Crippen LogP contribution in [0.3, 0.4) is 0 Å². The molecule has 1 aliphatic carbocycles. The first-order valence-electron chi connectivity index (χ1n) is 8.45. The number of amides is 3. The Morgan fingerprint density at radius 3 is 3.09 bits per heavy atom. The van der Waals surface area contributed by atoms with Crippen molar-refractivity contribution < 1.29 is 9.59 Å². The highest BCUT2D eigenvalue weighted by atomic mass is 16.2. The number of aromatic nitrogens is 2. The van der Waals surface area contributed by atoms with Crippen molar-refractivity contribution in [1.82, 2.24) is 25.3 Å². The van der Waals surface area contributed by atoms with Crippen LogP contribution in [-0.4, -0.2) is 51.8 Å². The summed E-state index contributed by atoms with van der Waals surface area (Å²) in [4.78, 5) is 26.1. The molecule has 2 heterocycles. The highest BCUT2D eigenvalue weighted by molar-refractivity contribution is 5.86. The topological polar surface area (TPSA) is 79.3 Å². The van der Waals surface area contributed by atoms with Crippen molar-refractivity contribution in [2.45, 2.75) is 51.2 Å². The van der Waals surface area contributed by atoms with Crippen LogP contribution < -0.4 is 10.6 Å². The number of nitrogens with one attached hydrogen (secondary N) is 2. The van der Waals surface area contributed by atoms with Crippen molar-refractivity contribution in [2.75, 3.05) is 13.1 Å². The fraction of sp³-hybridized carbons (Fsp3) is 0.688. The Bertz CT molecular complexity index is 545. The minimum Gasteiger partial charge on any atom is -0.350 e. The zero-order valence-corrected chi connectivity index (χ0v) is 13.6. The quantitative estimate of drug-likeness (QED) is 0.868. The van der Waals surface area contributed by atoms with Crippen molar-refractivity contribution in [3.63, 3.8) is 0 Å². The van der Waals surface area contributed by atoms with Gasteiger partial charge in [-0.15, -0.1) is 0 Å². The van der Waals surface area contributed by atoms with Crippen LogP contribution in [0.15, 0.2) is 18.5 Å². The molecule has 1 aliphatic heterocycles. The standard InChI is InChI=1S/C16H25N5O2/c1-12(10-20-8-4-7-18-20)9-17-16(23)21-11-15(22)19-13-5-2-3-6-14(13)21/h4,7-8,12-14H,2-3,5-6,9-11H2,1H3,(H,17,23)(H,19,22). The molecular weight excluding hydrogens is 294 g/mol. The summed E-state index contributed by atoms with van der Waals surface area (Å²) in [5.41, 5.74) is 0. The molecule has 1 aromatic heterocycles. The summed E-state index contributed by atoms with van der Waals surface area (Å²) >= 11 is 0. The Labute approximate surface area is 136 Å². The van der Waals surface area contributed by atoms with Crippen LogP contribution in [0.5, 0.6) is 0 Å². The van der Waals surface area contributed by atoms with E-state index in [-0.39, 0.29) is 36.5 Å². The molecule has 23 heavy (non-hydrogen) atoms. The first-order valence-corrected chi connectivity index (χ1v) is 8.45.